The van der Waals surface area contributed by atoms with E-state index in [0.717, 1.165) is 11.3 Å². The van der Waals surface area contributed by atoms with Gasteiger partial charge in [0.05, 0.1) is 0 Å². The molecular formula is C16H23NO2S. The van der Waals surface area contributed by atoms with Gasteiger partial charge in [-0.15, -0.1) is 0 Å². The Hall–Kier alpha value is -1.26. The lowest BCUT2D eigenvalue weighted by Crippen LogP contribution is -2.36. The van der Waals surface area contributed by atoms with Crippen LogP contribution in [0, 0.1) is 13.8 Å². The molecule has 20 heavy (non-hydrogen) atoms. The molecule has 1 aromatic carbocycles. The number of rotatable bonds is 7. The number of carbonyl (C=O) groups is 1. The molecule has 0 aromatic heterocycles. The number of hydrogen-bond donors (Lipinski definition) is 2. The van der Waals surface area contributed by atoms with Gasteiger partial charge in [-0.2, -0.15) is 11.8 Å². The maximum Gasteiger partial charge on any atom is 0.244 e. The maximum atomic E-state index is 11.9. The molecule has 0 spiro atoms. The molecule has 1 amide bonds. The second-order valence-electron chi connectivity index (χ2n) is 4.93. The van der Waals surface area contributed by atoms with Crippen LogP contribution in [0.2, 0.25) is 0 Å². The Morgan fingerprint density at radius 2 is 2.00 bits per heavy atom. The van der Waals surface area contributed by atoms with Gasteiger partial charge in [-0.05, 0) is 38.2 Å². The van der Waals surface area contributed by atoms with Gasteiger partial charge in [0, 0.05) is 24.5 Å². The third-order valence-electron chi connectivity index (χ3n) is 2.86. The van der Waals surface area contributed by atoms with Crippen molar-refractivity contribution >= 4 is 23.7 Å². The normalized spacial score (nSPS) is 12.6. The summed E-state index contributed by atoms with van der Waals surface area (Å²) >= 11 is 1.66. The summed E-state index contributed by atoms with van der Waals surface area (Å²) in [7, 11) is 0. The lowest BCUT2D eigenvalue weighted by Gasteiger charge is -2.15. The highest BCUT2D eigenvalue weighted by atomic mass is 32.2. The van der Waals surface area contributed by atoms with E-state index in [1.165, 1.54) is 11.1 Å². The molecule has 0 aliphatic heterocycles. The van der Waals surface area contributed by atoms with E-state index in [1.54, 1.807) is 17.8 Å². The molecule has 0 radical (unpaired) electrons. The molecule has 0 heterocycles. The summed E-state index contributed by atoms with van der Waals surface area (Å²) in [5, 5.41) is 11.9. The lowest BCUT2D eigenvalue weighted by molar-refractivity contribution is -0.117. The van der Waals surface area contributed by atoms with E-state index in [9.17, 15) is 4.79 Å². The zero-order valence-corrected chi connectivity index (χ0v) is 13.2. The van der Waals surface area contributed by atoms with Crippen molar-refractivity contribution in [2.75, 3.05) is 18.6 Å². The van der Waals surface area contributed by atoms with E-state index in [1.807, 2.05) is 38.3 Å². The van der Waals surface area contributed by atoms with Crippen molar-refractivity contribution in [3.05, 3.63) is 41.0 Å². The number of aryl methyl sites for hydroxylation is 2. The summed E-state index contributed by atoms with van der Waals surface area (Å²) < 4.78 is 0. The van der Waals surface area contributed by atoms with Crippen LogP contribution < -0.4 is 5.32 Å². The SMILES string of the molecule is CSCC(CCO)NC(=O)/C=C/c1cc(C)cc(C)c1. The van der Waals surface area contributed by atoms with Crippen LogP contribution in [0.1, 0.15) is 23.1 Å². The Balaban J connectivity index is 2.62. The summed E-state index contributed by atoms with van der Waals surface area (Å²) in [4.78, 5) is 11.9. The molecule has 0 bridgehead atoms. The number of thioether (sulfide) groups is 1. The van der Waals surface area contributed by atoms with Gasteiger partial charge in [0.15, 0.2) is 0 Å². The summed E-state index contributed by atoms with van der Waals surface area (Å²) in [5.41, 5.74) is 3.40. The van der Waals surface area contributed by atoms with E-state index in [4.69, 9.17) is 5.11 Å². The Morgan fingerprint density at radius 1 is 1.35 bits per heavy atom. The van der Waals surface area contributed by atoms with Crippen molar-refractivity contribution in [2.45, 2.75) is 26.3 Å². The molecule has 3 nitrogen and oxygen atoms in total. The minimum Gasteiger partial charge on any atom is -0.396 e. The van der Waals surface area contributed by atoms with Crippen LogP contribution in [-0.4, -0.2) is 35.7 Å². The first kappa shape index (κ1) is 16.8. The smallest absolute Gasteiger partial charge is 0.244 e. The average molecular weight is 293 g/mol. The van der Waals surface area contributed by atoms with Crippen LogP contribution >= 0.6 is 11.8 Å². The Labute approximate surface area is 125 Å². The number of amides is 1. The standard InChI is InChI=1S/C16H23NO2S/c1-12-8-13(2)10-14(9-12)4-5-16(19)17-15(6-7-18)11-20-3/h4-5,8-10,15,18H,6-7,11H2,1-3H3,(H,17,19)/b5-4+. The fraction of sp³-hybridized carbons (Fsp3) is 0.438. The minimum atomic E-state index is -0.114. The maximum absolute atomic E-state index is 11.9. The van der Waals surface area contributed by atoms with E-state index in [2.05, 4.69) is 11.4 Å². The van der Waals surface area contributed by atoms with Gasteiger partial charge < -0.3 is 10.4 Å². The monoisotopic (exact) mass is 293 g/mol. The number of aliphatic hydroxyl groups is 1. The number of nitrogens with one attached hydrogen (secondary N) is 1. The highest BCUT2D eigenvalue weighted by Crippen LogP contribution is 2.10. The molecule has 110 valence electrons. The van der Waals surface area contributed by atoms with Gasteiger partial charge in [-0.1, -0.05) is 29.3 Å². The first-order valence-electron chi connectivity index (χ1n) is 6.72. The van der Waals surface area contributed by atoms with Crippen molar-refractivity contribution in [1.29, 1.82) is 0 Å². The molecule has 1 aromatic rings. The van der Waals surface area contributed by atoms with Gasteiger partial charge in [-0.3, -0.25) is 4.79 Å². The topological polar surface area (TPSA) is 49.3 Å². The molecule has 1 unspecified atom stereocenters. The zero-order chi connectivity index (χ0) is 15.0. The summed E-state index contributed by atoms with van der Waals surface area (Å²) in [5.74, 6) is 0.695. The largest absolute Gasteiger partial charge is 0.396 e. The summed E-state index contributed by atoms with van der Waals surface area (Å²) in [6.07, 6.45) is 5.95. The number of aliphatic hydroxyl groups excluding tert-OH is 1. The van der Waals surface area contributed by atoms with Gasteiger partial charge in [0.2, 0.25) is 5.91 Å². The predicted octanol–water partition coefficient (Wildman–Crippen LogP) is 2.55. The van der Waals surface area contributed by atoms with Crippen molar-refractivity contribution in [1.82, 2.24) is 5.32 Å². The van der Waals surface area contributed by atoms with Crippen LogP contribution in [0.4, 0.5) is 0 Å². The third kappa shape index (κ3) is 6.26. The van der Waals surface area contributed by atoms with Crippen LogP contribution in [0.5, 0.6) is 0 Å². The van der Waals surface area contributed by atoms with E-state index in [0.29, 0.717) is 6.42 Å². The van der Waals surface area contributed by atoms with Crippen molar-refractivity contribution in [3.8, 4) is 0 Å². The zero-order valence-electron chi connectivity index (χ0n) is 12.3. The predicted molar refractivity (Wildman–Crippen MR) is 87.0 cm³/mol. The van der Waals surface area contributed by atoms with Gasteiger partial charge >= 0.3 is 0 Å². The lowest BCUT2D eigenvalue weighted by atomic mass is 10.1. The highest BCUT2D eigenvalue weighted by Gasteiger charge is 2.09. The molecule has 1 atom stereocenters. The van der Waals surface area contributed by atoms with Crippen LogP contribution in [-0.2, 0) is 4.79 Å². The molecule has 0 aliphatic rings. The first-order chi connectivity index (χ1) is 9.55. The number of benzene rings is 1. The Kier molecular flexibility index (Phi) is 7.41. The molecule has 0 saturated carbocycles. The van der Waals surface area contributed by atoms with Gasteiger partial charge in [0.1, 0.15) is 0 Å². The average Bonchev–Trinajstić information content (AvgIpc) is 2.36. The molecule has 0 aliphatic carbocycles. The van der Waals surface area contributed by atoms with E-state index >= 15 is 0 Å². The van der Waals surface area contributed by atoms with Gasteiger partial charge in [0.25, 0.3) is 0 Å². The summed E-state index contributed by atoms with van der Waals surface area (Å²) in [6.45, 7) is 4.17. The molecular weight excluding hydrogens is 270 g/mol. The molecule has 2 N–H and O–H groups in total. The molecule has 1 rings (SSSR count). The molecule has 4 heteroatoms. The quantitative estimate of drug-likeness (QED) is 0.760. The minimum absolute atomic E-state index is 0.0198. The van der Waals surface area contributed by atoms with Crippen LogP contribution in [0.25, 0.3) is 6.08 Å². The molecule has 0 saturated heterocycles. The number of carbonyl (C=O) groups excluding carboxylic acids is 1. The van der Waals surface area contributed by atoms with Crippen LogP contribution in [0.3, 0.4) is 0 Å². The Morgan fingerprint density at radius 3 is 2.55 bits per heavy atom. The van der Waals surface area contributed by atoms with Crippen LogP contribution in [0.15, 0.2) is 24.3 Å². The van der Waals surface area contributed by atoms with Gasteiger partial charge in [-0.25, -0.2) is 0 Å². The second-order valence-corrected chi connectivity index (χ2v) is 5.84. The molecule has 0 fully saturated rings. The van der Waals surface area contributed by atoms with Crippen molar-refractivity contribution in [3.63, 3.8) is 0 Å². The highest BCUT2D eigenvalue weighted by molar-refractivity contribution is 7.98. The van der Waals surface area contributed by atoms with Crippen molar-refractivity contribution in [2.24, 2.45) is 0 Å². The van der Waals surface area contributed by atoms with E-state index in [-0.39, 0.29) is 18.6 Å². The fourth-order valence-corrected chi connectivity index (χ4v) is 2.73. The fourth-order valence-electron chi connectivity index (χ4n) is 2.08. The second kappa shape index (κ2) is 8.82. The summed E-state index contributed by atoms with van der Waals surface area (Å²) in [6, 6.07) is 6.22. The third-order valence-corrected chi connectivity index (χ3v) is 3.60. The first-order valence-corrected chi connectivity index (χ1v) is 8.11. The van der Waals surface area contributed by atoms with Crippen molar-refractivity contribution < 1.29 is 9.90 Å². The number of hydrogen-bond acceptors (Lipinski definition) is 3. The van der Waals surface area contributed by atoms with E-state index < -0.39 is 0 Å². The Bertz CT molecular complexity index is 445.